The van der Waals surface area contributed by atoms with Crippen LogP contribution in [0.5, 0.6) is 17.2 Å². The predicted molar refractivity (Wildman–Crippen MR) is 132 cm³/mol. The van der Waals surface area contributed by atoms with Crippen LogP contribution < -0.4 is 24.0 Å². The van der Waals surface area contributed by atoms with Gasteiger partial charge in [-0.25, -0.2) is 4.79 Å². The lowest BCUT2D eigenvalue weighted by Gasteiger charge is -2.39. The van der Waals surface area contributed by atoms with E-state index in [1.54, 1.807) is 48.5 Å². The molecule has 1 aliphatic rings. The molecule has 1 fully saturated rings. The number of carbonyl (C=O) groups excluding carboxylic acids is 1. The highest BCUT2D eigenvalue weighted by molar-refractivity contribution is 6.08. The highest BCUT2D eigenvalue weighted by atomic mass is 19.4. The first-order chi connectivity index (χ1) is 17.5. The summed E-state index contributed by atoms with van der Waals surface area (Å²) in [5.74, 6) is 0.278. The van der Waals surface area contributed by atoms with Crippen molar-refractivity contribution in [1.29, 1.82) is 0 Å². The number of urea groups is 1. The van der Waals surface area contributed by atoms with Crippen molar-refractivity contribution in [2.45, 2.75) is 32.0 Å². The minimum Gasteiger partial charge on any atom is -0.497 e. The Morgan fingerprint density at radius 1 is 0.865 bits per heavy atom. The molecule has 3 aromatic carbocycles. The Hall–Kier alpha value is -3.92. The molecule has 0 aromatic heterocycles. The molecule has 7 nitrogen and oxygen atoms in total. The van der Waals surface area contributed by atoms with E-state index >= 15 is 0 Å². The van der Waals surface area contributed by atoms with E-state index < -0.39 is 29.9 Å². The number of halogens is 3. The van der Waals surface area contributed by atoms with Gasteiger partial charge in [-0.1, -0.05) is 26.0 Å². The van der Waals surface area contributed by atoms with Gasteiger partial charge in [-0.15, -0.1) is 13.2 Å². The molecule has 0 radical (unpaired) electrons. The Morgan fingerprint density at radius 2 is 1.41 bits per heavy atom. The first kappa shape index (κ1) is 26.2. The quantitative estimate of drug-likeness (QED) is 0.422. The second kappa shape index (κ2) is 9.85. The van der Waals surface area contributed by atoms with E-state index in [2.05, 4.69) is 4.74 Å². The van der Waals surface area contributed by atoms with E-state index in [1.165, 1.54) is 36.2 Å². The largest absolute Gasteiger partial charge is 0.573 e. The van der Waals surface area contributed by atoms with Crippen LogP contribution in [0, 0.1) is 5.92 Å². The van der Waals surface area contributed by atoms with Crippen LogP contribution in [0.25, 0.3) is 0 Å². The summed E-state index contributed by atoms with van der Waals surface area (Å²) in [5.41, 5.74) is -1.18. The molecule has 0 spiro atoms. The molecule has 1 heterocycles. The lowest BCUT2D eigenvalue weighted by molar-refractivity contribution is -0.274. The maximum Gasteiger partial charge on any atom is 0.573 e. The molecule has 1 unspecified atom stereocenters. The van der Waals surface area contributed by atoms with Gasteiger partial charge in [0, 0.05) is 16.9 Å². The number of methoxy groups -OCH3 is 2. The first-order valence-electron chi connectivity index (χ1n) is 11.5. The molecular weight excluding hydrogens is 489 g/mol. The molecule has 0 saturated carbocycles. The van der Waals surface area contributed by atoms with Gasteiger partial charge >= 0.3 is 12.4 Å². The number of nitrogens with zero attached hydrogens (tertiary/aromatic N) is 2. The average Bonchev–Trinajstić information content (AvgIpc) is 3.11. The van der Waals surface area contributed by atoms with E-state index in [0.29, 0.717) is 22.9 Å². The second-order valence-corrected chi connectivity index (χ2v) is 8.87. The monoisotopic (exact) mass is 516 g/mol. The first-order valence-corrected chi connectivity index (χ1v) is 11.5. The van der Waals surface area contributed by atoms with Crippen LogP contribution in [0.4, 0.5) is 29.3 Å². The van der Waals surface area contributed by atoms with Gasteiger partial charge in [0.1, 0.15) is 17.2 Å². The van der Waals surface area contributed by atoms with Crippen molar-refractivity contribution in [3.05, 3.63) is 78.4 Å². The van der Waals surface area contributed by atoms with Gasteiger partial charge in [0.25, 0.3) is 0 Å². The summed E-state index contributed by atoms with van der Waals surface area (Å²) in [6, 6.07) is 16.8. The fourth-order valence-electron chi connectivity index (χ4n) is 4.72. The van der Waals surface area contributed by atoms with Gasteiger partial charge in [0.15, 0.2) is 5.72 Å². The minimum absolute atomic E-state index is 0.0631. The van der Waals surface area contributed by atoms with Crippen LogP contribution >= 0.6 is 0 Å². The van der Waals surface area contributed by atoms with Crippen LogP contribution in [0.3, 0.4) is 0 Å². The summed E-state index contributed by atoms with van der Waals surface area (Å²) in [4.78, 5) is 16.7. The number of rotatable bonds is 7. The summed E-state index contributed by atoms with van der Waals surface area (Å²) >= 11 is 0. The maximum absolute atomic E-state index is 14.1. The second-order valence-electron chi connectivity index (χ2n) is 8.87. The Balaban J connectivity index is 1.92. The lowest BCUT2D eigenvalue weighted by atomic mass is 9.86. The van der Waals surface area contributed by atoms with Crippen LogP contribution in [0.15, 0.2) is 72.8 Å². The highest BCUT2D eigenvalue weighted by Crippen LogP contribution is 2.48. The topological polar surface area (TPSA) is 71.5 Å². The fourth-order valence-corrected chi connectivity index (χ4v) is 4.72. The van der Waals surface area contributed by atoms with Gasteiger partial charge in [-0.3, -0.25) is 9.80 Å². The van der Waals surface area contributed by atoms with Crippen LogP contribution in [-0.2, 0) is 5.72 Å². The normalized spacial score (nSPS) is 19.9. The summed E-state index contributed by atoms with van der Waals surface area (Å²) in [5, 5.41) is 12.4. The van der Waals surface area contributed by atoms with Gasteiger partial charge < -0.3 is 19.3 Å². The number of aliphatic hydroxyl groups is 1. The molecule has 0 bridgehead atoms. The van der Waals surface area contributed by atoms with E-state index in [0.717, 1.165) is 12.1 Å². The molecule has 1 aliphatic heterocycles. The number of ether oxygens (including phenoxy) is 3. The molecule has 0 aliphatic carbocycles. The predicted octanol–water partition coefficient (Wildman–Crippen LogP) is 5.92. The third-order valence-corrected chi connectivity index (χ3v) is 6.23. The molecule has 2 amide bonds. The van der Waals surface area contributed by atoms with Gasteiger partial charge in [0.05, 0.1) is 20.3 Å². The summed E-state index contributed by atoms with van der Waals surface area (Å²) in [6.07, 6.45) is -4.92. The van der Waals surface area contributed by atoms with Crippen molar-refractivity contribution in [2.24, 2.45) is 5.92 Å². The molecule has 4 rings (SSSR count). The van der Waals surface area contributed by atoms with Crippen molar-refractivity contribution in [3.8, 4) is 17.2 Å². The number of carbonyl (C=O) groups is 1. The number of anilines is 2. The third-order valence-electron chi connectivity index (χ3n) is 6.23. The van der Waals surface area contributed by atoms with Crippen LogP contribution in [0.1, 0.15) is 19.4 Å². The van der Waals surface area contributed by atoms with Gasteiger partial charge in [0.2, 0.25) is 0 Å². The Labute approximate surface area is 212 Å². The number of hydrogen-bond acceptors (Lipinski definition) is 5. The van der Waals surface area contributed by atoms with Crippen molar-refractivity contribution in [3.63, 3.8) is 0 Å². The number of amides is 2. The SMILES string of the molecule is COc1ccc(N2C(=O)N(c3ccc(OC)cc3)C(O)(c3cccc(OC(F)(F)F)c3)[C@@H]2C(C)C)cc1. The minimum atomic E-state index is -4.92. The molecule has 196 valence electrons. The number of alkyl halides is 3. The van der Waals surface area contributed by atoms with Crippen molar-refractivity contribution >= 4 is 17.4 Å². The van der Waals surface area contributed by atoms with Gasteiger partial charge in [-0.2, -0.15) is 0 Å². The summed E-state index contributed by atoms with van der Waals surface area (Å²) in [7, 11) is 3.02. The van der Waals surface area contributed by atoms with Crippen LogP contribution in [0.2, 0.25) is 0 Å². The van der Waals surface area contributed by atoms with E-state index in [-0.39, 0.29) is 11.5 Å². The van der Waals surface area contributed by atoms with E-state index in [1.807, 2.05) is 13.8 Å². The zero-order valence-electron chi connectivity index (χ0n) is 20.7. The van der Waals surface area contributed by atoms with E-state index in [4.69, 9.17) is 9.47 Å². The highest BCUT2D eigenvalue weighted by Gasteiger charge is 2.59. The molecule has 1 saturated heterocycles. The van der Waals surface area contributed by atoms with Crippen LogP contribution in [-0.4, -0.2) is 37.8 Å². The Kier molecular flexibility index (Phi) is 6.96. The molecular formula is C27H27F3N2O5. The Bertz CT molecular complexity index is 1250. The zero-order valence-corrected chi connectivity index (χ0v) is 20.7. The fraction of sp³-hybridized carbons (Fsp3) is 0.296. The van der Waals surface area contributed by atoms with Crippen molar-refractivity contribution in [1.82, 2.24) is 0 Å². The average molecular weight is 517 g/mol. The third kappa shape index (κ3) is 4.89. The lowest BCUT2D eigenvalue weighted by Crippen LogP contribution is -2.51. The van der Waals surface area contributed by atoms with Crippen molar-refractivity contribution in [2.75, 3.05) is 24.0 Å². The Morgan fingerprint density at radius 3 is 1.89 bits per heavy atom. The smallest absolute Gasteiger partial charge is 0.497 e. The standard InChI is InChI=1S/C27H27F3N2O5/c1-17(2)24-26(34,18-6-5-7-23(16-18)37-27(28,29)30)32(20-10-14-22(36-4)15-11-20)25(33)31(24)19-8-12-21(35-3)13-9-19/h5-17,24,34H,1-4H3/t24-,26?/m0/s1. The molecule has 37 heavy (non-hydrogen) atoms. The molecule has 10 heteroatoms. The summed E-state index contributed by atoms with van der Waals surface area (Å²) in [6.45, 7) is 3.65. The molecule has 3 aromatic rings. The number of hydrogen-bond donors (Lipinski definition) is 1. The maximum atomic E-state index is 14.1. The molecule has 2 atom stereocenters. The number of benzene rings is 3. The zero-order chi connectivity index (χ0) is 27.0. The van der Waals surface area contributed by atoms with E-state index in [9.17, 15) is 23.1 Å². The van der Waals surface area contributed by atoms with Crippen molar-refractivity contribution < 1.29 is 37.3 Å². The summed E-state index contributed by atoms with van der Waals surface area (Å²) < 4.78 is 53.5. The van der Waals surface area contributed by atoms with Gasteiger partial charge in [-0.05, 0) is 66.6 Å². The molecule has 1 N–H and O–H groups in total.